The van der Waals surface area contributed by atoms with E-state index in [1.54, 1.807) is 7.11 Å². The van der Waals surface area contributed by atoms with Crippen molar-refractivity contribution in [1.29, 1.82) is 0 Å². The molecule has 2 rings (SSSR count). The highest BCUT2D eigenvalue weighted by molar-refractivity contribution is 5.55. The Morgan fingerprint density at radius 3 is 2.25 bits per heavy atom. The van der Waals surface area contributed by atoms with Crippen molar-refractivity contribution in [3.05, 3.63) is 23.0 Å². The van der Waals surface area contributed by atoms with E-state index < -0.39 is 0 Å². The Bertz CT molecular complexity index is 482. The molecule has 0 amide bonds. The lowest BCUT2D eigenvalue weighted by Gasteiger charge is -2.39. The average molecular weight is 281 g/mol. The Kier molecular flexibility index (Phi) is 4.53. The van der Waals surface area contributed by atoms with Crippen LogP contribution in [0, 0.1) is 12.7 Å². The SMILES string of the molecule is COc1c(F)cc(C)c(C2(CN)CCCCC2)c1OC. The summed E-state index contributed by atoms with van der Waals surface area (Å²) < 4.78 is 24.7. The Hall–Kier alpha value is -1.29. The summed E-state index contributed by atoms with van der Waals surface area (Å²) in [6.07, 6.45) is 5.59. The first-order valence-electron chi connectivity index (χ1n) is 7.21. The van der Waals surface area contributed by atoms with Gasteiger partial charge in [-0.1, -0.05) is 19.3 Å². The first-order valence-corrected chi connectivity index (χ1v) is 7.21. The summed E-state index contributed by atoms with van der Waals surface area (Å²) in [5, 5.41) is 0. The molecule has 1 aliphatic carbocycles. The largest absolute Gasteiger partial charge is 0.492 e. The number of nitrogens with two attached hydrogens (primary N) is 1. The second-order valence-corrected chi connectivity index (χ2v) is 5.66. The third-order valence-corrected chi connectivity index (χ3v) is 4.53. The van der Waals surface area contributed by atoms with E-state index in [1.807, 2.05) is 6.92 Å². The lowest BCUT2D eigenvalue weighted by Crippen LogP contribution is -2.38. The minimum Gasteiger partial charge on any atom is -0.492 e. The highest BCUT2D eigenvalue weighted by atomic mass is 19.1. The molecule has 0 heterocycles. The zero-order valence-electron chi connectivity index (χ0n) is 12.6. The molecule has 1 saturated carbocycles. The summed E-state index contributed by atoms with van der Waals surface area (Å²) in [6.45, 7) is 2.48. The number of hydrogen-bond donors (Lipinski definition) is 1. The van der Waals surface area contributed by atoms with E-state index in [9.17, 15) is 4.39 Å². The molecular weight excluding hydrogens is 257 g/mol. The highest BCUT2D eigenvalue weighted by Crippen LogP contribution is 2.48. The van der Waals surface area contributed by atoms with Gasteiger partial charge in [0.1, 0.15) is 0 Å². The Morgan fingerprint density at radius 1 is 1.15 bits per heavy atom. The van der Waals surface area contributed by atoms with E-state index in [0.29, 0.717) is 12.3 Å². The summed E-state index contributed by atoms with van der Waals surface area (Å²) in [4.78, 5) is 0. The molecule has 0 spiro atoms. The number of rotatable bonds is 4. The molecule has 0 atom stereocenters. The van der Waals surface area contributed by atoms with Gasteiger partial charge in [-0.3, -0.25) is 0 Å². The fraction of sp³-hybridized carbons (Fsp3) is 0.625. The van der Waals surface area contributed by atoms with Crippen LogP contribution in [0.1, 0.15) is 43.2 Å². The third-order valence-electron chi connectivity index (χ3n) is 4.53. The zero-order valence-corrected chi connectivity index (χ0v) is 12.6. The number of methoxy groups -OCH3 is 2. The number of ether oxygens (including phenoxy) is 2. The van der Waals surface area contributed by atoms with Crippen molar-refractivity contribution >= 4 is 0 Å². The van der Waals surface area contributed by atoms with Gasteiger partial charge < -0.3 is 15.2 Å². The molecule has 20 heavy (non-hydrogen) atoms. The van der Waals surface area contributed by atoms with Gasteiger partial charge in [-0.05, 0) is 31.4 Å². The van der Waals surface area contributed by atoms with Crippen LogP contribution in [0.2, 0.25) is 0 Å². The topological polar surface area (TPSA) is 44.5 Å². The lowest BCUT2D eigenvalue weighted by atomic mass is 9.68. The second-order valence-electron chi connectivity index (χ2n) is 5.66. The van der Waals surface area contributed by atoms with Gasteiger partial charge in [0.2, 0.25) is 0 Å². The summed E-state index contributed by atoms with van der Waals surface area (Å²) in [5.74, 6) is 0.317. The lowest BCUT2D eigenvalue weighted by molar-refractivity contribution is 0.276. The van der Waals surface area contributed by atoms with Gasteiger partial charge in [-0.15, -0.1) is 0 Å². The van der Waals surface area contributed by atoms with Gasteiger partial charge in [-0.25, -0.2) is 4.39 Å². The van der Waals surface area contributed by atoms with Crippen LogP contribution in [0.25, 0.3) is 0 Å². The van der Waals surface area contributed by atoms with Crippen LogP contribution in [0.4, 0.5) is 4.39 Å². The van der Waals surface area contributed by atoms with E-state index >= 15 is 0 Å². The molecule has 0 saturated heterocycles. The predicted octanol–water partition coefficient (Wildman–Crippen LogP) is 3.31. The fourth-order valence-corrected chi connectivity index (χ4v) is 3.56. The molecule has 1 aromatic rings. The second kappa shape index (κ2) is 6.00. The maximum absolute atomic E-state index is 14.0. The monoisotopic (exact) mass is 281 g/mol. The normalized spacial score (nSPS) is 17.9. The number of aryl methyl sites for hydroxylation is 1. The Labute approximate surface area is 120 Å². The Balaban J connectivity index is 2.65. The van der Waals surface area contributed by atoms with E-state index in [-0.39, 0.29) is 17.0 Å². The molecule has 0 unspecified atom stereocenters. The van der Waals surface area contributed by atoms with Gasteiger partial charge in [0.25, 0.3) is 0 Å². The van der Waals surface area contributed by atoms with Crippen molar-refractivity contribution < 1.29 is 13.9 Å². The van der Waals surface area contributed by atoms with Gasteiger partial charge >= 0.3 is 0 Å². The van der Waals surface area contributed by atoms with Crippen molar-refractivity contribution in [1.82, 2.24) is 0 Å². The van der Waals surface area contributed by atoms with Crippen LogP contribution in [0.15, 0.2) is 6.07 Å². The minimum absolute atomic E-state index is 0.116. The van der Waals surface area contributed by atoms with Crippen molar-refractivity contribution in [2.75, 3.05) is 20.8 Å². The maximum atomic E-state index is 14.0. The first-order chi connectivity index (χ1) is 9.59. The molecule has 1 aliphatic rings. The predicted molar refractivity (Wildman–Crippen MR) is 78.1 cm³/mol. The molecule has 112 valence electrons. The van der Waals surface area contributed by atoms with E-state index in [2.05, 4.69) is 0 Å². The smallest absolute Gasteiger partial charge is 0.197 e. The summed E-state index contributed by atoms with van der Waals surface area (Å²) in [7, 11) is 3.03. The molecule has 4 heteroatoms. The van der Waals surface area contributed by atoms with E-state index in [1.165, 1.54) is 19.6 Å². The quantitative estimate of drug-likeness (QED) is 0.921. The standard InChI is InChI=1S/C16H24FNO2/c1-11-9-12(17)14(19-2)15(20-3)13(11)16(10-18)7-5-4-6-8-16/h9H,4-8,10,18H2,1-3H3. The van der Waals surface area contributed by atoms with Gasteiger partial charge in [-0.2, -0.15) is 0 Å². The van der Waals surface area contributed by atoms with Crippen LogP contribution in [-0.4, -0.2) is 20.8 Å². The Morgan fingerprint density at radius 2 is 1.75 bits per heavy atom. The summed E-state index contributed by atoms with van der Waals surface area (Å²) in [5.41, 5.74) is 7.91. The summed E-state index contributed by atoms with van der Waals surface area (Å²) in [6, 6.07) is 1.53. The van der Waals surface area contributed by atoms with Gasteiger partial charge in [0.05, 0.1) is 14.2 Å². The minimum atomic E-state index is -0.381. The molecule has 0 bridgehead atoms. The third kappa shape index (κ3) is 2.37. The summed E-state index contributed by atoms with van der Waals surface area (Å²) >= 11 is 0. The number of benzene rings is 1. The van der Waals surface area contributed by atoms with Crippen LogP contribution in [-0.2, 0) is 5.41 Å². The number of hydrogen-bond acceptors (Lipinski definition) is 3. The fourth-order valence-electron chi connectivity index (χ4n) is 3.56. The molecule has 3 nitrogen and oxygen atoms in total. The molecule has 1 aromatic carbocycles. The average Bonchev–Trinajstić information content (AvgIpc) is 2.47. The first kappa shape index (κ1) is 15.1. The molecule has 2 N–H and O–H groups in total. The van der Waals surface area contributed by atoms with Crippen LogP contribution in [0.3, 0.4) is 0 Å². The van der Waals surface area contributed by atoms with Gasteiger partial charge in [0, 0.05) is 17.5 Å². The highest BCUT2D eigenvalue weighted by Gasteiger charge is 2.38. The molecule has 0 radical (unpaired) electrons. The van der Waals surface area contributed by atoms with E-state index in [0.717, 1.165) is 36.8 Å². The number of halogens is 1. The zero-order chi connectivity index (χ0) is 14.8. The molecule has 1 fully saturated rings. The van der Waals surface area contributed by atoms with Crippen molar-refractivity contribution in [3.63, 3.8) is 0 Å². The molecular formula is C16H24FNO2. The van der Waals surface area contributed by atoms with Crippen LogP contribution in [0.5, 0.6) is 11.5 Å². The maximum Gasteiger partial charge on any atom is 0.197 e. The van der Waals surface area contributed by atoms with Crippen molar-refractivity contribution in [2.24, 2.45) is 5.73 Å². The van der Waals surface area contributed by atoms with E-state index in [4.69, 9.17) is 15.2 Å². The van der Waals surface area contributed by atoms with Gasteiger partial charge in [0.15, 0.2) is 17.3 Å². The van der Waals surface area contributed by atoms with Crippen molar-refractivity contribution in [2.45, 2.75) is 44.4 Å². The van der Waals surface area contributed by atoms with Crippen LogP contribution < -0.4 is 15.2 Å². The molecule has 0 aromatic heterocycles. The van der Waals surface area contributed by atoms with Crippen LogP contribution >= 0.6 is 0 Å². The van der Waals surface area contributed by atoms with Crippen molar-refractivity contribution in [3.8, 4) is 11.5 Å². The molecule has 0 aliphatic heterocycles.